The van der Waals surface area contributed by atoms with E-state index in [-0.39, 0.29) is 11.6 Å². The lowest BCUT2D eigenvalue weighted by molar-refractivity contribution is -0.0249. The van der Waals surface area contributed by atoms with Crippen LogP contribution in [0.2, 0.25) is 0 Å². The van der Waals surface area contributed by atoms with Crippen LogP contribution in [0.5, 0.6) is 0 Å². The lowest BCUT2D eigenvalue weighted by atomic mass is 9.87. The van der Waals surface area contributed by atoms with Crippen LogP contribution in [0.4, 0.5) is 0 Å². The number of hydrogen-bond donors (Lipinski definition) is 1. The molecule has 2 rings (SSSR count). The van der Waals surface area contributed by atoms with Crippen LogP contribution in [-0.4, -0.2) is 28.6 Å². The molecule has 1 aliphatic rings. The van der Waals surface area contributed by atoms with Crippen molar-refractivity contribution in [1.29, 1.82) is 0 Å². The van der Waals surface area contributed by atoms with Crippen LogP contribution in [0.3, 0.4) is 0 Å². The van der Waals surface area contributed by atoms with Gasteiger partial charge in [-0.15, -0.1) is 11.3 Å². The van der Waals surface area contributed by atoms with Gasteiger partial charge in [-0.3, -0.25) is 4.90 Å². The van der Waals surface area contributed by atoms with E-state index < -0.39 is 0 Å². The molecule has 3 heteroatoms. The first kappa shape index (κ1) is 13.1. The van der Waals surface area contributed by atoms with Gasteiger partial charge in [-0.25, -0.2) is 0 Å². The number of nitrogens with zero attached hydrogens (tertiary/aromatic N) is 1. The second-order valence-electron chi connectivity index (χ2n) is 4.90. The quantitative estimate of drug-likeness (QED) is 0.869. The monoisotopic (exact) mass is 253 g/mol. The third kappa shape index (κ3) is 2.28. The van der Waals surface area contributed by atoms with Crippen LogP contribution in [0, 0.1) is 0 Å². The average molecular weight is 253 g/mol. The molecule has 96 valence electrons. The highest BCUT2D eigenvalue weighted by atomic mass is 32.1. The maximum Gasteiger partial charge on any atom is 0.106 e. The predicted octanol–water partition coefficient (Wildman–Crippen LogP) is 3.44. The van der Waals surface area contributed by atoms with Gasteiger partial charge in [0.15, 0.2) is 0 Å². The van der Waals surface area contributed by atoms with E-state index in [4.69, 9.17) is 0 Å². The lowest BCUT2D eigenvalue weighted by Crippen LogP contribution is -2.50. The maximum absolute atomic E-state index is 10.8. The summed E-state index contributed by atoms with van der Waals surface area (Å²) in [6, 6.07) is 4.10. The number of thiophene rings is 1. The van der Waals surface area contributed by atoms with Gasteiger partial charge in [0.1, 0.15) is 6.10 Å². The molecule has 1 unspecified atom stereocenters. The normalized spacial score (nSPS) is 20.9. The highest BCUT2D eigenvalue weighted by molar-refractivity contribution is 7.10. The van der Waals surface area contributed by atoms with Crippen molar-refractivity contribution in [3.8, 4) is 0 Å². The molecule has 1 N–H and O–H groups in total. The Morgan fingerprint density at radius 3 is 2.47 bits per heavy atom. The summed E-state index contributed by atoms with van der Waals surface area (Å²) in [5.41, 5.74) is -0.00560. The Morgan fingerprint density at radius 2 is 2.00 bits per heavy atom. The fraction of sp³-hybridized carbons (Fsp3) is 0.714. The van der Waals surface area contributed by atoms with E-state index in [0.717, 1.165) is 30.8 Å². The third-order valence-electron chi connectivity index (χ3n) is 4.18. The summed E-state index contributed by atoms with van der Waals surface area (Å²) in [5.74, 6) is 0. The third-order valence-corrected chi connectivity index (χ3v) is 5.11. The Hall–Kier alpha value is -0.380. The van der Waals surface area contributed by atoms with E-state index in [1.165, 1.54) is 12.8 Å². The molecule has 1 aromatic heterocycles. The Balaban J connectivity index is 2.27. The Kier molecular flexibility index (Phi) is 4.23. The maximum atomic E-state index is 10.8. The van der Waals surface area contributed by atoms with Crippen LogP contribution in [0.1, 0.15) is 50.5 Å². The van der Waals surface area contributed by atoms with Crippen molar-refractivity contribution in [2.75, 3.05) is 13.1 Å². The smallest absolute Gasteiger partial charge is 0.106 e. The van der Waals surface area contributed by atoms with Crippen LogP contribution >= 0.6 is 11.3 Å². The number of aliphatic hydroxyl groups excluding tert-OH is 1. The minimum absolute atomic E-state index is 0.00560. The summed E-state index contributed by atoms with van der Waals surface area (Å²) in [5, 5.41) is 12.8. The zero-order chi connectivity index (χ0) is 12.3. The van der Waals surface area contributed by atoms with Gasteiger partial charge in [0.05, 0.1) is 5.54 Å². The van der Waals surface area contributed by atoms with Gasteiger partial charge in [0.25, 0.3) is 0 Å². The summed E-state index contributed by atoms with van der Waals surface area (Å²) in [6.45, 7) is 6.45. The fourth-order valence-electron chi connectivity index (χ4n) is 3.31. The van der Waals surface area contributed by atoms with Gasteiger partial charge in [0.2, 0.25) is 0 Å². The molecule has 0 saturated heterocycles. The molecule has 0 spiro atoms. The molecule has 0 bridgehead atoms. The largest absolute Gasteiger partial charge is 0.386 e. The molecule has 0 aliphatic heterocycles. The summed E-state index contributed by atoms with van der Waals surface area (Å²) >= 11 is 1.68. The number of rotatable bonds is 5. The minimum Gasteiger partial charge on any atom is -0.386 e. The van der Waals surface area contributed by atoms with Crippen molar-refractivity contribution in [1.82, 2.24) is 4.90 Å². The second kappa shape index (κ2) is 5.51. The minimum atomic E-state index is -0.315. The van der Waals surface area contributed by atoms with Crippen molar-refractivity contribution in [2.24, 2.45) is 0 Å². The fourth-order valence-corrected chi connectivity index (χ4v) is 4.13. The molecule has 1 fully saturated rings. The SMILES string of the molecule is CCN(CC)C1(C(O)c2cccs2)CCCC1. The summed E-state index contributed by atoms with van der Waals surface area (Å²) in [6.07, 6.45) is 4.45. The Labute approximate surface area is 108 Å². The van der Waals surface area contributed by atoms with Crippen molar-refractivity contribution < 1.29 is 5.11 Å². The van der Waals surface area contributed by atoms with Crippen molar-refractivity contribution in [3.63, 3.8) is 0 Å². The van der Waals surface area contributed by atoms with Gasteiger partial charge in [-0.2, -0.15) is 0 Å². The average Bonchev–Trinajstić information content (AvgIpc) is 3.02. The molecule has 1 heterocycles. The van der Waals surface area contributed by atoms with Crippen LogP contribution in [0.25, 0.3) is 0 Å². The van der Waals surface area contributed by atoms with Crippen molar-refractivity contribution >= 4 is 11.3 Å². The first-order valence-corrected chi connectivity index (χ1v) is 7.59. The van der Waals surface area contributed by atoms with E-state index in [9.17, 15) is 5.11 Å². The van der Waals surface area contributed by atoms with Gasteiger partial charge in [-0.1, -0.05) is 32.8 Å². The highest BCUT2D eigenvalue weighted by Gasteiger charge is 2.45. The molecule has 2 nitrogen and oxygen atoms in total. The topological polar surface area (TPSA) is 23.5 Å². The zero-order valence-electron chi connectivity index (χ0n) is 10.9. The summed E-state index contributed by atoms with van der Waals surface area (Å²) in [4.78, 5) is 3.59. The molecule has 0 radical (unpaired) electrons. The van der Waals surface area contributed by atoms with Crippen molar-refractivity contribution in [3.05, 3.63) is 22.4 Å². The van der Waals surface area contributed by atoms with Gasteiger partial charge < -0.3 is 5.11 Å². The van der Waals surface area contributed by atoms with Crippen LogP contribution in [0.15, 0.2) is 17.5 Å². The molecular weight excluding hydrogens is 230 g/mol. The molecule has 17 heavy (non-hydrogen) atoms. The summed E-state index contributed by atoms with van der Waals surface area (Å²) in [7, 11) is 0. The van der Waals surface area contributed by atoms with E-state index in [2.05, 4.69) is 30.2 Å². The van der Waals surface area contributed by atoms with E-state index in [0.29, 0.717) is 0 Å². The van der Waals surface area contributed by atoms with Gasteiger partial charge in [0, 0.05) is 4.88 Å². The Bertz CT molecular complexity index is 326. The Morgan fingerprint density at radius 1 is 1.35 bits per heavy atom. The standard InChI is InChI=1S/C14H23NOS/c1-3-15(4-2)14(9-5-6-10-14)13(16)12-8-7-11-17-12/h7-8,11,13,16H,3-6,9-10H2,1-2H3. The van der Waals surface area contributed by atoms with Gasteiger partial charge >= 0.3 is 0 Å². The van der Waals surface area contributed by atoms with Crippen LogP contribution < -0.4 is 0 Å². The lowest BCUT2D eigenvalue weighted by Gasteiger charge is -2.43. The molecule has 1 aromatic rings. The van der Waals surface area contributed by atoms with Crippen LogP contribution in [-0.2, 0) is 0 Å². The number of hydrogen-bond acceptors (Lipinski definition) is 3. The zero-order valence-corrected chi connectivity index (χ0v) is 11.7. The molecule has 1 aliphatic carbocycles. The molecule has 1 atom stereocenters. The van der Waals surface area contributed by atoms with E-state index >= 15 is 0 Å². The number of likely N-dealkylation sites (N-methyl/N-ethyl adjacent to an activating group) is 1. The predicted molar refractivity (Wildman–Crippen MR) is 73.4 cm³/mol. The second-order valence-corrected chi connectivity index (χ2v) is 5.88. The highest BCUT2D eigenvalue weighted by Crippen LogP contribution is 2.45. The van der Waals surface area contributed by atoms with Crippen molar-refractivity contribution in [2.45, 2.75) is 51.2 Å². The molecule has 0 amide bonds. The van der Waals surface area contributed by atoms with E-state index in [1.54, 1.807) is 11.3 Å². The van der Waals surface area contributed by atoms with E-state index in [1.807, 2.05) is 6.07 Å². The van der Waals surface area contributed by atoms with Gasteiger partial charge in [-0.05, 0) is 37.4 Å². The first-order chi connectivity index (χ1) is 8.24. The number of aliphatic hydroxyl groups is 1. The molecule has 0 aromatic carbocycles. The first-order valence-electron chi connectivity index (χ1n) is 6.71. The molecule has 1 saturated carbocycles. The molecular formula is C14H23NOS. The summed E-state index contributed by atoms with van der Waals surface area (Å²) < 4.78 is 0.